The summed E-state index contributed by atoms with van der Waals surface area (Å²) in [6, 6.07) is 5.43. The molecule has 20 heavy (non-hydrogen) atoms. The first kappa shape index (κ1) is 13.7. The number of nitro groups is 1. The molecule has 0 bridgehead atoms. The molecule has 2 rings (SSSR count). The highest BCUT2D eigenvalue weighted by Crippen LogP contribution is 2.31. The minimum Gasteiger partial charge on any atom is -0.433 e. The van der Waals surface area contributed by atoms with Crippen LogP contribution in [0.2, 0.25) is 0 Å². The number of rotatable bonds is 4. The van der Waals surface area contributed by atoms with Crippen molar-refractivity contribution in [1.29, 1.82) is 0 Å². The third-order valence-electron chi connectivity index (χ3n) is 2.82. The highest BCUT2D eigenvalue weighted by atomic mass is 16.6. The van der Waals surface area contributed by atoms with E-state index in [9.17, 15) is 10.1 Å². The fourth-order valence-electron chi connectivity index (χ4n) is 1.57. The summed E-state index contributed by atoms with van der Waals surface area (Å²) in [7, 11) is 0. The molecule has 0 aliphatic rings. The molecule has 0 fully saturated rings. The summed E-state index contributed by atoms with van der Waals surface area (Å²) in [5.74, 6) is 5.56. The van der Waals surface area contributed by atoms with E-state index in [2.05, 4.69) is 15.4 Å². The minimum atomic E-state index is -0.610. The Bertz CT molecular complexity index is 660. The molecule has 0 spiro atoms. The monoisotopic (exact) mass is 275 g/mol. The topological polar surface area (TPSA) is 116 Å². The molecule has 0 aliphatic carbocycles. The van der Waals surface area contributed by atoms with Gasteiger partial charge in [-0.15, -0.1) is 0 Å². The Balaban J connectivity index is 2.46. The van der Waals surface area contributed by atoms with Gasteiger partial charge in [-0.25, -0.2) is 10.8 Å². The lowest BCUT2D eigenvalue weighted by atomic mass is 10.1. The number of ether oxygens (including phenoxy) is 1. The molecule has 1 aromatic carbocycles. The quantitative estimate of drug-likeness (QED) is 0.498. The molecule has 0 amide bonds. The molecule has 0 radical (unpaired) electrons. The van der Waals surface area contributed by atoms with Gasteiger partial charge in [0, 0.05) is 0 Å². The summed E-state index contributed by atoms with van der Waals surface area (Å²) in [5, 5.41) is 11.0. The molecular weight excluding hydrogens is 262 g/mol. The van der Waals surface area contributed by atoms with Gasteiger partial charge in [-0.1, -0.05) is 12.1 Å². The third kappa shape index (κ3) is 2.64. The maximum atomic E-state index is 11.0. The largest absolute Gasteiger partial charge is 0.433 e. The second-order valence-corrected chi connectivity index (χ2v) is 4.09. The first-order valence-electron chi connectivity index (χ1n) is 5.75. The van der Waals surface area contributed by atoms with E-state index < -0.39 is 4.92 Å². The molecule has 3 N–H and O–H groups in total. The molecular formula is C12H13N5O3. The Hall–Kier alpha value is -2.74. The zero-order valence-electron chi connectivity index (χ0n) is 11.0. The van der Waals surface area contributed by atoms with Crippen molar-refractivity contribution >= 4 is 11.6 Å². The van der Waals surface area contributed by atoms with E-state index >= 15 is 0 Å². The first-order valence-corrected chi connectivity index (χ1v) is 5.75. The lowest BCUT2D eigenvalue weighted by molar-refractivity contribution is -0.386. The fourth-order valence-corrected chi connectivity index (χ4v) is 1.57. The van der Waals surface area contributed by atoms with Crippen LogP contribution in [-0.4, -0.2) is 14.9 Å². The molecule has 0 saturated heterocycles. The molecule has 0 aliphatic heterocycles. The van der Waals surface area contributed by atoms with E-state index in [4.69, 9.17) is 10.6 Å². The van der Waals surface area contributed by atoms with Gasteiger partial charge >= 0.3 is 11.6 Å². The van der Waals surface area contributed by atoms with E-state index in [1.165, 1.54) is 0 Å². The van der Waals surface area contributed by atoms with Gasteiger partial charge in [-0.3, -0.25) is 15.5 Å². The van der Waals surface area contributed by atoms with Crippen molar-refractivity contribution in [2.75, 3.05) is 5.43 Å². The molecule has 0 saturated carbocycles. The number of hydrogen-bond donors (Lipinski definition) is 2. The zero-order valence-corrected chi connectivity index (χ0v) is 11.0. The lowest BCUT2D eigenvalue weighted by Gasteiger charge is -2.10. The zero-order chi connectivity index (χ0) is 14.7. The number of nitrogens with zero attached hydrogens (tertiary/aromatic N) is 3. The molecule has 104 valence electrons. The van der Waals surface area contributed by atoms with Crippen molar-refractivity contribution in [1.82, 2.24) is 9.97 Å². The summed E-state index contributed by atoms with van der Waals surface area (Å²) in [5.41, 5.74) is 3.78. The van der Waals surface area contributed by atoms with E-state index in [0.29, 0.717) is 5.75 Å². The molecule has 1 aromatic heterocycles. The Morgan fingerprint density at radius 1 is 1.40 bits per heavy atom. The molecule has 8 heteroatoms. The van der Waals surface area contributed by atoms with Crippen LogP contribution in [0.4, 0.5) is 11.6 Å². The van der Waals surface area contributed by atoms with Gasteiger partial charge in [-0.2, -0.15) is 4.98 Å². The lowest BCUT2D eigenvalue weighted by Crippen LogP contribution is -2.11. The number of aryl methyl sites for hydroxylation is 1. The summed E-state index contributed by atoms with van der Waals surface area (Å²) in [4.78, 5) is 17.9. The van der Waals surface area contributed by atoms with Gasteiger partial charge in [0.25, 0.3) is 0 Å². The molecule has 8 nitrogen and oxygen atoms in total. The predicted octanol–water partition coefficient (Wildman–Crippen LogP) is 2.08. The van der Waals surface area contributed by atoms with E-state index in [1.807, 2.05) is 19.9 Å². The van der Waals surface area contributed by atoms with Gasteiger partial charge in [0.2, 0.25) is 5.95 Å². The molecule has 0 unspecified atom stereocenters. The van der Waals surface area contributed by atoms with Crippen LogP contribution < -0.4 is 16.0 Å². The molecule has 2 aromatic rings. The maximum absolute atomic E-state index is 11.0. The fraction of sp³-hybridized carbons (Fsp3) is 0.167. The highest BCUT2D eigenvalue weighted by Gasteiger charge is 2.20. The summed E-state index contributed by atoms with van der Waals surface area (Å²) < 4.78 is 5.54. The summed E-state index contributed by atoms with van der Waals surface area (Å²) >= 11 is 0. The normalized spacial score (nSPS) is 10.2. The second-order valence-electron chi connectivity index (χ2n) is 4.09. The van der Waals surface area contributed by atoms with Crippen molar-refractivity contribution < 1.29 is 9.66 Å². The van der Waals surface area contributed by atoms with Gasteiger partial charge in [0.05, 0.1) is 4.92 Å². The van der Waals surface area contributed by atoms with Gasteiger partial charge in [0.1, 0.15) is 11.9 Å². The van der Waals surface area contributed by atoms with Crippen molar-refractivity contribution in [3.63, 3.8) is 0 Å². The van der Waals surface area contributed by atoms with Crippen molar-refractivity contribution in [2.24, 2.45) is 5.84 Å². The average Bonchev–Trinajstić information content (AvgIpc) is 2.43. The number of nitrogens with one attached hydrogen (secondary N) is 1. The standard InChI is InChI=1S/C12H13N5O3/c1-7-4-3-5-10(8(7)2)20-11-9(17(18)19)6-14-12(15-11)16-13/h3-6H,13H2,1-2H3,(H,14,15,16). The first-order chi connectivity index (χ1) is 9.52. The van der Waals surface area contributed by atoms with Crippen LogP contribution in [0.1, 0.15) is 11.1 Å². The van der Waals surface area contributed by atoms with E-state index in [-0.39, 0.29) is 17.5 Å². The van der Waals surface area contributed by atoms with Crippen LogP contribution in [0.3, 0.4) is 0 Å². The number of benzene rings is 1. The smallest absolute Gasteiger partial charge is 0.349 e. The van der Waals surface area contributed by atoms with Gasteiger partial charge in [-0.05, 0) is 31.0 Å². The van der Waals surface area contributed by atoms with Crippen LogP contribution in [0.5, 0.6) is 11.6 Å². The third-order valence-corrected chi connectivity index (χ3v) is 2.82. The minimum absolute atomic E-state index is 0.0379. The molecule has 0 atom stereocenters. The van der Waals surface area contributed by atoms with Crippen LogP contribution in [0.15, 0.2) is 24.4 Å². The number of nitrogens with two attached hydrogens (primary N) is 1. The van der Waals surface area contributed by atoms with Crippen LogP contribution in [0, 0.1) is 24.0 Å². The number of nitrogen functional groups attached to an aromatic ring is 1. The SMILES string of the molecule is Cc1cccc(Oc2nc(NN)ncc2[N+](=O)[O-])c1C. The number of hydrazine groups is 1. The van der Waals surface area contributed by atoms with Crippen molar-refractivity contribution in [3.8, 4) is 11.6 Å². The Labute approximate surface area is 114 Å². The molecule has 1 heterocycles. The average molecular weight is 275 g/mol. The Morgan fingerprint density at radius 3 is 2.80 bits per heavy atom. The van der Waals surface area contributed by atoms with Crippen molar-refractivity contribution in [2.45, 2.75) is 13.8 Å². The Morgan fingerprint density at radius 2 is 2.15 bits per heavy atom. The van der Waals surface area contributed by atoms with Crippen LogP contribution in [0.25, 0.3) is 0 Å². The van der Waals surface area contributed by atoms with Crippen molar-refractivity contribution in [3.05, 3.63) is 45.6 Å². The van der Waals surface area contributed by atoms with Gasteiger partial charge in [0.15, 0.2) is 0 Å². The number of anilines is 1. The van der Waals surface area contributed by atoms with Crippen LogP contribution in [-0.2, 0) is 0 Å². The predicted molar refractivity (Wildman–Crippen MR) is 72.5 cm³/mol. The van der Waals surface area contributed by atoms with Crippen LogP contribution >= 0.6 is 0 Å². The highest BCUT2D eigenvalue weighted by molar-refractivity contribution is 5.47. The van der Waals surface area contributed by atoms with E-state index in [0.717, 1.165) is 17.3 Å². The number of hydrogen-bond acceptors (Lipinski definition) is 7. The maximum Gasteiger partial charge on any atom is 0.349 e. The number of aromatic nitrogens is 2. The summed E-state index contributed by atoms with van der Waals surface area (Å²) in [6.45, 7) is 3.78. The summed E-state index contributed by atoms with van der Waals surface area (Å²) in [6.07, 6.45) is 1.04. The van der Waals surface area contributed by atoms with Gasteiger partial charge < -0.3 is 4.74 Å². The van der Waals surface area contributed by atoms with E-state index in [1.54, 1.807) is 12.1 Å². The second kappa shape index (κ2) is 5.49. The Kier molecular flexibility index (Phi) is 3.76.